The van der Waals surface area contributed by atoms with Crippen LogP contribution in [0, 0.1) is 0 Å². The first kappa shape index (κ1) is 14.7. The molecule has 1 amide bonds. The predicted molar refractivity (Wildman–Crippen MR) is 62.9 cm³/mol. The number of rotatable bonds is 8. The largest absolute Gasteiger partial charge is 0.467 e. The molecule has 0 aromatic rings. The standard InChI is InChI=1S/C12H21NO3/c1-4-6-8-10(12(15)16-3)13-11(14)9-7-5-2/h5,10H,2,4,6-9H2,1,3H3,(H,13,14)/t10-/m0/s1. The lowest BCUT2D eigenvalue weighted by molar-refractivity contribution is -0.145. The zero-order valence-corrected chi connectivity index (χ0v) is 10.1. The summed E-state index contributed by atoms with van der Waals surface area (Å²) >= 11 is 0. The van der Waals surface area contributed by atoms with Gasteiger partial charge in [-0.05, 0) is 12.8 Å². The van der Waals surface area contributed by atoms with E-state index < -0.39 is 6.04 Å². The number of carbonyl (C=O) groups is 2. The lowest BCUT2D eigenvalue weighted by atomic mass is 10.1. The SMILES string of the molecule is C=CCCC(=O)N[C@@H](CCCC)C(=O)OC. The fourth-order valence-corrected chi connectivity index (χ4v) is 1.30. The molecular weight excluding hydrogens is 206 g/mol. The molecule has 0 aromatic carbocycles. The van der Waals surface area contributed by atoms with Gasteiger partial charge in [0.2, 0.25) is 5.91 Å². The number of hydrogen-bond acceptors (Lipinski definition) is 3. The van der Waals surface area contributed by atoms with Crippen LogP contribution in [0.25, 0.3) is 0 Å². The molecule has 0 saturated carbocycles. The van der Waals surface area contributed by atoms with Crippen molar-refractivity contribution in [1.29, 1.82) is 0 Å². The third-order valence-corrected chi connectivity index (χ3v) is 2.24. The van der Waals surface area contributed by atoms with Gasteiger partial charge < -0.3 is 10.1 Å². The number of esters is 1. The highest BCUT2D eigenvalue weighted by Gasteiger charge is 2.20. The van der Waals surface area contributed by atoms with Gasteiger partial charge in [-0.1, -0.05) is 25.8 Å². The summed E-state index contributed by atoms with van der Waals surface area (Å²) in [6, 6.07) is -0.512. The first-order valence-electron chi connectivity index (χ1n) is 5.63. The minimum atomic E-state index is -0.512. The quantitative estimate of drug-likeness (QED) is 0.508. The Morgan fingerprint density at radius 3 is 2.69 bits per heavy atom. The highest BCUT2D eigenvalue weighted by atomic mass is 16.5. The Hall–Kier alpha value is -1.32. The smallest absolute Gasteiger partial charge is 0.328 e. The maximum atomic E-state index is 11.4. The van der Waals surface area contributed by atoms with Crippen LogP contribution in [0.5, 0.6) is 0 Å². The third-order valence-electron chi connectivity index (χ3n) is 2.24. The second kappa shape index (κ2) is 8.95. The van der Waals surface area contributed by atoms with Crippen LogP contribution in [0.1, 0.15) is 39.0 Å². The average Bonchev–Trinajstić information content (AvgIpc) is 2.30. The highest BCUT2D eigenvalue weighted by Crippen LogP contribution is 2.03. The number of methoxy groups -OCH3 is 1. The molecule has 0 spiro atoms. The van der Waals surface area contributed by atoms with Crippen molar-refractivity contribution in [1.82, 2.24) is 5.32 Å². The summed E-state index contributed by atoms with van der Waals surface area (Å²) in [7, 11) is 1.33. The molecule has 0 aliphatic carbocycles. The fraction of sp³-hybridized carbons (Fsp3) is 0.667. The van der Waals surface area contributed by atoms with E-state index in [1.54, 1.807) is 6.08 Å². The molecule has 1 N–H and O–H groups in total. The monoisotopic (exact) mass is 227 g/mol. The summed E-state index contributed by atoms with van der Waals surface area (Å²) < 4.78 is 4.64. The molecule has 0 heterocycles. The van der Waals surface area contributed by atoms with Gasteiger partial charge in [-0.15, -0.1) is 6.58 Å². The van der Waals surface area contributed by atoms with Gasteiger partial charge in [0.05, 0.1) is 7.11 Å². The van der Waals surface area contributed by atoms with E-state index in [1.165, 1.54) is 7.11 Å². The molecule has 0 aliphatic heterocycles. The summed E-state index contributed by atoms with van der Waals surface area (Å²) in [6.45, 7) is 5.58. The maximum absolute atomic E-state index is 11.4. The van der Waals surface area contributed by atoms with Gasteiger partial charge in [-0.3, -0.25) is 4.79 Å². The molecule has 0 unspecified atom stereocenters. The van der Waals surface area contributed by atoms with Crippen LogP contribution < -0.4 is 5.32 Å². The average molecular weight is 227 g/mol. The molecule has 0 aliphatic rings. The van der Waals surface area contributed by atoms with Crippen molar-refractivity contribution in [2.75, 3.05) is 7.11 Å². The van der Waals surface area contributed by atoms with Crippen molar-refractivity contribution in [2.45, 2.75) is 45.1 Å². The zero-order chi connectivity index (χ0) is 12.4. The molecule has 0 aromatic heterocycles. The van der Waals surface area contributed by atoms with E-state index in [0.717, 1.165) is 12.8 Å². The number of nitrogens with one attached hydrogen (secondary N) is 1. The fourth-order valence-electron chi connectivity index (χ4n) is 1.30. The van der Waals surface area contributed by atoms with E-state index in [4.69, 9.17) is 0 Å². The van der Waals surface area contributed by atoms with Crippen LogP contribution in [0.15, 0.2) is 12.7 Å². The second-order valence-electron chi connectivity index (χ2n) is 3.61. The van der Waals surface area contributed by atoms with Crippen molar-refractivity contribution >= 4 is 11.9 Å². The van der Waals surface area contributed by atoms with Crippen molar-refractivity contribution < 1.29 is 14.3 Å². The highest BCUT2D eigenvalue weighted by molar-refractivity contribution is 5.84. The van der Waals surface area contributed by atoms with Gasteiger partial charge in [0.1, 0.15) is 6.04 Å². The summed E-state index contributed by atoms with van der Waals surface area (Å²) in [5.74, 6) is -0.508. The van der Waals surface area contributed by atoms with Crippen molar-refractivity contribution in [3.05, 3.63) is 12.7 Å². The number of hydrogen-bond donors (Lipinski definition) is 1. The predicted octanol–water partition coefficient (Wildman–Crippen LogP) is 1.80. The van der Waals surface area contributed by atoms with Gasteiger partial charge in [-0.2, -0.15) is 0 Å². The molecule has 0 fully saturated rings. The van der Waals surface area contributed by atoms with Crippen LogP contribution >= 0.6 is 0 Å². The molecule has 4 nitrogen and oxygen atoms in total. The number of carbonyl (C=O) groups excluding carboxylic acids is 2. The van der Waals surface area contributed by atoms with Crippen LogP contribution in [0.3, 0.4) is 0 Å². The number of ether oxygens (including phenoxy) is 1. The summed E-state index contributed by atoms with van der Waals surface area (Å²) in [6.07, 6.45) is 5.16. The van der Waals surface area contributed by atoms with Gasteiger partial charge in [0.15, 0.2) is 0 Å². The lowest BCUT2D eigenvalue weighted by Gasteiger charge is -2.15. The number of amides is 1. The van der Waals surface area contributed by atoms with Gasteiger partial charge in [0, 0.05) is 6.42 Å². The van der Waals surface area contributed by atoms with E-state index in [9.17, 15) is 9.59 Å². The molecule has 0 bridgehead atoms. The van der Waals surface area contributed by atoms with E-state index in [0.29, 0.717) is 19.3 Å². The minimum Gasteiger partial charge on any atom is -0.467 e. The Bertz CT molecular complexity index is 238. The van der Waals surface area contributed by atoms with E-state index in [1.807, 2.05) is 6.92 Å². The van der Waals surface area contributed by atoms with Crippen molar-refractivity contribution in [3.8, 4) is 0 Å². The third kappa shape index (κ3) is 6.22. The van der Waals surface area contributed by atoms with E-state index in [-0.39, 0.29) is 11.9 Å². The number of unbranched alkanes of at least 4 members (excludes halogenated alkanes) is 1. The minimum absolute atomic E-state index is 0.133. The van der Waals surface area contributed by atoms with Crippen LogP contribution in [-0.4, -0.2) is 25.0 Å². The molecule has 1 atom stereocenters. The summed E-state index contributed by atoms with van der Waals surface area (Å²) in [5, 5.41) is 2.68. The topological polar surface area (TPSA) is 55.4 Å². The van der Waals surface area contributed by atoms with E-state index in [2.05, 4.69) is 16.6 Å². The Kier molecular flexibility index (Phi) is 8.21. The van der Waals surface area contributed by atoms with Crippen LogP contribution in [-0.2, 0) is 14.3 Å². The molecule has 0 saturated heterocycles. The normalized spacial score (nSPS) is 11.6. The molecule has 16 heavy (non-hydrogen) atoms. The Balaban J connectivity index is 4.13. The molecule has 0 radical (unpaired) electrons. The first-order valence-corrected chi connectivity index (χ1v) is 5.63. The summed E-state index contributed by atoms with van der Waals surface area (Å²) in [5.41, 5.74) is 0. The van der Waals surface area contributed by atoms with E-state index >= 15 is 0 Å². The molecular formula is C12H21NO3. The van der Waals surface area contributed by atoms with Crippen molar-refractivity contribution in [3.63, 3.8) is 0 Å². The molecule has 4 heteroatoms. The second-order valence-corrected chi connectivity index (χ2v) is 3.61. The van der Waals surface area contributed by atoms with Crippen LogP contribution in [0.4, 0.5) is 0 Å². The van der Waals surface area contributed by atoms with Crippen molar-refractivity contribution in [2.24, 2.45) is 0 Å². The summed E-state index contributed by atoms with van der Waals surface area (Å²) in [4.78, 5) is 22.8. The Morgan fingerprint density at radius 1 is 1.50 bits per heavy atom. The van der Waals surface area contributed by atoms with Crippen LogP contribution in [0.2, 0.25) is 0 Å². The maximum Gasteiger partial charge on any atom is 0.328 e. The Morgan fingerprint density at radius 2 is 2.19 bits per heavy atom. The zero-order valence-electron chi connectivity index (χ0n) is 10.1. The first-order chi connectivity index (χ1) is 7.65. The van der Waals surface area contributed by atoms with Gasteiger partial charge in [0.25, 0.3) is 0 Å². The lowest BCUT2D eigenvalue weighted by Crippen LogP contribution is -2.41. The Labute approximate surface area is 97.1 Å². The van der Waals surface area contributed by atoms with Gasteiger partial charge >= 0.3 is 5.97 Å². The molecule has 92 valence electrons. The van der Waals surface area contributed by atoms with Gasteiger partial charge in [-0.25, -0.2) is 4.79 Å². The molecule has 0 rings (SSSR count). The number of allylic oxidation sites excluding steroid dienone is 1.